The maximum absolute atomic E-state index is 10.9. The van der Waals surface area contributed by atoms with E-state index in [0.717, 1.165) is 0 Å². The molecule has 1 atom stereocenters. The number of carbonyl (C=O) groups is 2. The molecule has 11 heavy (non-hydrogen) atoms. The fourth-order valence-electron chi connectivity index (χ4n) is 0.918. The van der Waals surface area contributed by atoms with Gasteiger partial charge >= 0.3 is 0 Å². The van der Waals surface area contributed by atoms with Crippen molar-refractivity contribution in [3.05, 3.63) is 0 Å². The normalized spacial score (nSPS) is 25.4. The maximum Gasteiger partial charge on any atom is 0.249 e. The molecule has 5 heteroatoms. The van der Waals surface area contributed by atoms with E-state index in [2.05, 4.69) is 0 Å². The third-order valence-electron chi connectivity index (χ3n) is 1.69. The molecule has 0 bridgehead atoms. The van der Waals surface area contributed by atoms with Gasteiger partial charge in [0.25, 0.3) is 0 Å². The van der Waals surface area contributed by atoms with Gasteiger partial charge in [0.1, 0.15) is 12.6 Å². The molecule has 0 aromatic carbocycles. The minimum Gasteiger partial charge on any atom is -0.369 e. The lowest BCUT2D eigenvalue weighted by Gasteiger charge is -2.29. The van der Waals surface area contributed by atoms with Crippen LogP contribution in [0.4, 0.5) is 0 Å². The predicted octanol–water partition coefficient (Wildman–Crippen LogP) is -1.67. The molecule has 5 nitrogen and oxygen atoms in total. The number of nitrogens with two attached hydrogens (primary N) is 1. The molecule has 1 heterocycles. The van der Waals surface area contributed by atoms with Gasteiger partial charge in [-0.15, -0.1) is 0 Å². The first-order chi connectivity index (χ1) is 5.13. The van der Waals surface area contributed by atoms with E-state index < -0.39 is 11.9 Å². The van der Waals surface area contributed by atoms with E-state index in [0.29, 0.717) is 0 Å². The Labute approximate surface area is 64.1 Å². The van der Waals surface area contributed by atoms with Crippen LogP contribution in [0.3, 0.4) is 0 Å². The van der Waals surface area contributed by atoms with Gasteiger partial charge in [0.15, 0.2) is 0 Å². The van der Waals surface area contributed by atoms with Gasteiger partial charge in [-0.2, -0.15) is 0 Å². The van der Waals surface area contributed by atoms with E-state index in [9.17, 15) is 9.59 Å². The zero-order valence-electron chi connectivity index (χ0n) is 6.24. The summed E-state index contributed by atoms with van der Waals surface area (Å²) in [5, 5.41) is 0. The van der Waals surface area contributed by atoms with E-state index in [1.807, 2.05) is 0 Å². The second kappa shape index (κ2) is 2.87. The molecule has 1 saturated heterocycles. The third-order valence-corrected chi connectivity index (χ3v) is 1.69. The van der Waals surface area contributed by atoms with Crippen LogP contribution in [0.25, 0.3) is 0 Å². The minimum absolute atomic E-state index is 0.0419. The van der Waals surface area contributed by atoms with Crippen molar-refractivity contribution in [2.24, 2.45) is 5.73 Å². The molecular formula is C6H10N2O3. The third kappa shape index (κ3) is 1.48. The van der Waals surface area contributed by atoms with Crippen LogP contribution in [-0.4, -0.2) is 43.0 Å². The van der Waals surface area contributed by atoms with E-state index in [1.165, 1.54) is 4.90 Å². The number of primary amides is 1. The van der Waals surface area contributed by atoms with Crippen molar-refractivity contribution in [1.82, 2.24) is 4.90 Å². The second-order valence-corrected chi connectivity index (χ2v) is 2.44. The van der Waals surface area contributed by atoms with Crippen LogP contribution in [0.2, 0.25) is 0 Å². The molecule has 1 aliphatic heterocycles. The van der Waals surface area contributed by atoms with Gasteiger partial charge < -0.3 is 15.4 Å². The summed E-state index contributed by atoms with van der Waals surface area (Å²) < 4.78 is 4.83. The molecule has 1 fully saturated rings. The average Bonchev–Trinajstić information content (AvgIpc) is 1.94. The number of carbonyl (C=O) groups excluding carboxylic acids is 2. The van der Waals surface area contributed by atoms with Gasteiger partial charge in [0, 0.05) is 7.05 Å². The quantitative estimate of drug-likeness (QED) is 0.496. The minimum atomic E-state index is -0.601. The lowest BCUT2D eigenvalue weighted by Crippen LogP contribution is -2.53. The molecule has 1 rings (SSSR count). The Bertz CT molecular complexity index is 192. The Morgan fingerprint density at radius 1 is 1.82 bits per heavy atom. The van der Waals surface area contributed by atoms with Crippen molar-refractivity contribution in [3.8, 4) is 0 Å². The first-order valence-electron chi connectivity index (χ1n) is 3.25. The SMILES string of the molecule is CN1C(=O)COCC1C(N)=O. The highest BCUT2D eigenvalue weighted by Crippen LogP contribution is 2.03. The summed E-state index contributed by atoms with van der Waals surface area (Å²) in [4.78, 5) is 22.9. The summed E-state index contributed by atoms with van der Waals surface area (Å²) >= 11 is 0. The molecule has 62 valence electrons. The standard InChI is InChI=1S/C6H10N2O3/c1-8-4(6(7)10)2-11-3-5(8)9/h4H,2-3H2,1H3,(H2,7,10). The number of hydrogen-bond donors (Lipinski definition) is 1. The lowest BCUT2D eigenvalue weighted by atomic mass is 10.2. The molecule has 0 aromatic rings. The zero-order valence-corrected chi connectivity index (χ0v) is 6.24. The largest absolute Gasteiger partial charge is 0.369 e. The van der Waals surface area contributed by atoms with Crippen LogP contribution in [0.1, 0.15) is 0 Å². The Morgan fingerprint density at radius 3 is 2.91 bits per heavy atom. The summed E-state index contributed by atoms with van der Waals surface area (Å²) in [6, 6.07) is -0.601. The lowest BCUT2D eigenvalue weighted by molar-refractivity contribution is -0.151. The van der Waals surface area contributed by atoms with Gasteiger partial charge in [-0.1, -0.05) is 0 Å². The summed E-state index contributed by atoms with van der Waals surface area (Å²) in [5.74, 6) is -0.736. The fourth-order valence-corrected chi connectivity index (χ4v) is 0.918. The van der Waals surface area contributed by atoms with Gasteiger partial charge in [0.05, 0.1) is 6.61 Å². The van der Waals surface area contributed by atoms with Crippen LogP contribution in [0.15, 0.2) is 0 Å². The highest BCUT2D eigenvalue weighted by atomic mass is 16.5. The Hall–Kier alpha value is -1.10. The molecule has 1 unspecified atom stereocenters. The van der Waals surface area contributed by atoms with E-state index in [-0.39, 0.29) is 19.1 Å². The van der Waals surface area contributed by atoms with E-state index in [4.69, 9.17) is 10.5 Å². The monoisotopic (exact) mass is 158 g/mol. The predicted molar refractivity (Wildman–Crippen MR) is 36.6 cm³/mol. The molecule has 1 aliphatic rings. The summed E-state index contributed by atoms with van der Waals surface area (Å²) in [6.45, 7) is 0.248. The van der Waals surface area contributed by atoms with Crippen LogP contribution in [0.5, 0.6) is 0 Å². The summed E-state index contributed by atoms with van der Waals surface area (Å²) in [7, 11) is 1.54. The number of hydrogen-bond acceptors (Lipinski definition) is 3. The van der Waals surface area contributed by atoms with Crippen molar-refractivity contribution < 1.29 is 14.3 Å². The van der Waals surface area contributed by atoms with E-state index in [1.54, 1.807) is 7.05 Å². The molecule has 2 amide bonds. The zero-order chi connectivity index (χ0) is 8.43. The number of amides is 2. The topological polar surface area (TPSA) is 72.6 Å². The van der Waals surface area contributed by atoms with Gasteiger partial charge in [-0.05, 0) is 0 Å². The van der Waals surface area contributed by atoms with Gasteiger partial charge in [-0.3, -0.25) is 9.59 Å². The van der Waals surface area contributed by atoms with Crippen LogP contribution in [0, 0.1) is 0 Å². The number of ether oxygens (including phenoxy) is 1. The highest BCUT2D eigenvalue weighted by molar-refractivity contribution is 5.87. The Morgan fingerprint density at radius 2 is 2.45 bits per heavy atom. The molecular weight excluding hydrogens is 148 g/mol. The molecule has 0 radical (unpaired) electrons. The molecule has 0 aliphatic carbocycles. The van der Waals surface area contributed by atoms with E-state index >= 15 is 0 Å². The van der Waals surface area contributed by atoms with Crippen molar-refractivity contribution in [2.75, 3.05) is 20.3 Å². The summed E-state index contributed by atoms with van der Waals surface area (Å²) in [5.41, 5.74) is 5.01. The first-order valence-corrected chi connectivity index (χ1v) is 3.25. The highest BCUT2D eigenvalue weighted by Gasteiger charge is 2.29. The Kier molecular flexibility index (Phi) is 2.09. The van der Waals surface area contributed by atoms with Gasteiger partial charge in [-0.25, -0.2) is 0 Å². The number of rotatable bonds is 1. The van der Waals surface area contributed by atoms with Crippen molar-refractivity contribution >= 4 is 11.8 Å². The number of morpholine rings is 1. The van der Waals surface area contributed by atoms with Crippen molar-refractivity contribution in [2.45, 2.75) is 6.04 Å². The maximum atomic E-state index is 10.9. The van der Waals surface area contributed by atoms with Crippen LogP contribution >= 0.6 is 0 Å². The van der Waals surface area contributed by atoms with Gasteiger partial charge in [0.2, 0.25) is 11.8 Å². The Balaban J connectivity index is 2.65. The molecule has 0 aromatic heterocycles. The summed E-state index contributed by atoms with van der Waals surface area (Å²) in [6.07, 6.45) is 0. The molecule has 0 spiro atoms. The van der Waals surface area contributed by atoms with Crippen molar-refractivity contribution in [1.29, 1.82) is 0 Å². The molecule has 0 saturated carbocycles. The first kappa shape index (κ1) is 8.00. The van der Waals surface area contributed by atoms with Crippen LogP contribution < -0.4 is 5.73 Å². The number of likely N-dealkylation sites (N-methyl/N-ethyl adjacent to an activating group) is 1. The van der Waals surface area contributed by atoms with Crippen molar-refractivity contribution in [3.63, 3.8) is 0 Å². The smallest absolute Gasteiger partial charge is 0.249 e. The second-order valence-electron chi connectivity index (χ2n) is 2.44. The molecule has 2 N–H and O–H groups in total. The van der Waals surface area contributed by atoms with Crippen LogP contribution in [-0.2, 0) is 14.3 Å². The average molecular weight is 158 g/mol. The fraction of sp³-hybridized carbons (Fsp3) is 0.667. The number of nitrogens with zero attached hydrogens (tertiary/aromatic N) is 1.